The van der Waals surface area contributed by atoms with E-state index in [1.54, 1.807) is 6.07 Å². The number of fused-ring (bicyclic) bond motifs is 1. The van der Waals surface area contributed by atoms with Crippen LogP contribution in [0.5, 0.6) is 11.5 Å². The number of aromatic nitrogens is 2. The molecule has 0 saturated heterocycles. The van der Waals surface area contributed by atoms with Gasteiger partial charge in [0.2, 0.25) is 0 Å². The Bertz CT molecular complexity index is 1450. The summed E-state index contributed by atoms with van der Waals surface area (Å²) in [5.41, 5.74) is 4.62. The Hall–Kier alpha value is -3.81. The summed E-state index contributed by atoms with van der Waals surface area (Å²) in [6.45, 7) is 5.89. The minimum Gasteiger partial charge on any atom is -0.486 e. The monoisotopic (exact) mass is 559 g/mol. The van der Waals surface area contributed by atoms with Crippen LogP contribution in [-0.4, -0.2) is 40.7 Å². The van der Waals surface area contributed by atoms with Crippen LogP contribution in [0.3, 0.4) is 0 Å². The zero-order valence-corrected chi connectivity index (χ0v) is 23.7. The first-order valence-corrected chi connectivity index (χ1v) is 14.0. The molecule has 0 fully saturated rings. The molecule has 1 aliphatic rings. The van der Waals surface area contributed by atoms with Crippen molar-refractivity contribution in [2.75, 3.05) is 20.3 Å². The average molecular weight is 560 g/mol. The fourth-order valence-corrected chi connectivity index (χ4v) is 5.21. The van der Waals surface area contributed by atoms with Gasteiger partial charge in [0.05, 0.1) is 18.4 Å². The van der Waals surface area contributed by atoms with Crippen molar-refractivity contribution in [3.63, 3.8) is 0 Å². The Morgan fingerprint density at radius 1 is 0.950 bits per heavy atom. The summed E-state index contributed by atoms with van der Waals surface area (Å²) in [4.78, 5) is 19.3. The maximum absolute atomic E-state index is 12.2. The zero-order chi connectivity index (χ0) is 27.9. The van der Waals surface area contributed by atoms with Crippen molar-refractivity contribution in [2.45, 2.75) is 45.9 Å². The molecule has 0 amide bonds. The van der Waals surface area contributed by atoms with Gasteiger partial charge in [-0.15, -0.1) is 0 Å². The topological polar surface area (TPSA) is 65.8 Å². The number of benzene rings is 3. The van der Waals surface area contributed by atoms with Crippen molar-refractivity contribution in [3.8, 4) is 22.9 Å². The van der Waals surface area contributed by atoms with Gasteiger partial charge in [-0.05, 0) is 41.8 Å². The first-order chi connectivity index (χ1) is 19.6. The summed E-state index contributed by atoms with van der Waals surface area (Å²) in [6, 6.07) is 23.8. The van der Waals surface area contributed by atoms with Gasteiger partial charge >= 0.3 is 5.97 Å². The molecular formula is C32H34ClN3O4. The fourth-order valence-electron chi connectivity index (χ4n) is 4.97. The summed E-state index contributed by atoms with van der Waals surface area (Å²) < 4.78 is 18.8. The number of methoxy groups -OCH3 is 1. The summed E-state index contributed by atoms with van der Waals surface area (Å²) >= 11 is 6.85. The van der Waals surface area contributed by atoms with E-state index in [-0.39, 0.29) is 5.97 Å². The minimum atomic E-state index is -0.353. The van der Waals surface area contributed by atoms with E-state index in [0.717, 1.165) is 59.1 Å². The molecule has 0 unspecified atom stereocenters. The number of carbonyl (C=O) groups is 1. The van der Waals surface area contributed by atoms with E-state index in [1.807, 2.05) is 48.5 Å². The Labute approximate surface area is 240 Å². The average Bonchev–Trinajstić information content (AvgIpc) is 3.30. The highest BCUT2D eigenvalue weighted by molar-refractivity contribution is 6.30. The van der Waals surface area contributed by atoms with Crippen LogP contribution in [0.2, 0.25) is 5.15 Å². The highest BCUT2D eigenvalue weighted by Gasteiger charge is 2.21. The number of carbonyl (C=O) groups excluding carboxylic acids is 1. The number of rotatable bonds is 11. The van der Waals surface area contributed by atoms with E-state index < -0.39 is 0 Å². The molecule has 8 heteroatoms. The van der Waals surface area contributed by atoms with Crippen LogP contribution in [0.4, 0.5) is 0 Å². The molecule has 0 N–H and O–H groups in total. The van der Waals surface area contributed by atoms with E-state index >= 15 is 0 Å². The number of esters is 1. The quantitative estimate of drug-likeness (QED) is 0.189. The van der Waals surface area contributed by atoms with Crippen LogP contribution in [0.25, 0.3) is 11.4 Å². The lowest BCUT2D eigenvalue weighted by Crippen LogP contribution is -2.25. The van der Waals surface area contributed by atoms with Crippen molar-refractivity contribution in [1.29, 1.82) is 0 Å². The molecule has 2 heterocycles. The van der Waals surface area contributed by atoms with Crippen molar-refractivity contribution in [1.82, 2.24) is 14.5 Å². The van der Waals surface area contributed by atoms with Crippen LogP contribution in [0.15, 0.2) is 72.8 Å². The molecule has 0 aliphatic carbocycles. The largest absolute Gasteiger partial charge is 0.486 e. The Kier molecular flexibility index (Phi) is 9.04. The molecular weight excluding hydrogens is 526 g/mol. The number of nitrogens with zero attached hydrogens (tertiary/aromatic N) is 3. The Balaban J connectivity index is 1.50. The van der Waals surface area contributed by atoms with Gasteiger partial charge in [-0.25, -0.2) is 9.78 Å². The smallest absolute Gasteiger partial charge is 0.337 e. The van der Waals surface area contributed by atoms with Gasteiger partial charge in [0.25, 0.3) is 0 Å². The highest BCUT2D eigenvalue weighted by Crippen LogP contribution is 2.32. The SMILES string of the molecule is CCCCn1c(-c2ccccc2)nc(Cl)c1CN(Cc1cccc(C(=O)OC)c1)Cc1ccc2c(c1)OCCO2. The van der Waals surface area contributed by atoms with E-state index in [0.29, 0.717) is 43.6 Å². The lowest BCUT2D eigenvalue weighted by Gasteiger charge is -2.25. The number of ether oxygens (including phenoxy) is 3. The standard InChI is InChI=1S/C32H34ClN3O4/c1-3-4-15-36-27(30(33)34-31(36)25-10-6-5-7-11-25)22-35(20-23-9-8-12-26(18-23)32(37)38-2)21-24-13-14-28-29(19-24)40-17-16-39-28/h5-14,18-19H,3-4,15-17,20-22H2,1-2H3. The molecule has 0 spiro atoms. The number of imidazole rings is 1. The molecule has 5 rings (SSSR count). The fraction of sp³-hybridized carbons (Fsp3) is 0.312. The second-order valence-electron chi connectivity index (χ2n) is 9.86. The van der Waals surface area contributed by atoms with Crippen LogP contribution in [0.1, 0.15) is 46.9 Å². The molecule has 0 bridgehead atoms. The minimum absolute atomic E-state index is 0.353. The normalized spacial score (nSPS) is 12.5. The first-order valence-electron chi connectivity index (χ1n) is 13.6. The van der Waals surface area contributed by atoms with E-state index in [1.165, 1.54) is 7.11 Å². The predicted molar refractivity (Wildman–Crippen MR) is 156 cm³/mol. The van der Waals surface area contributed by atoms with Crippen LogP contribution in [0, 0.1) is 0 Å². The summed E-state index contributed by atoms with van der Waals surface area (Å²) in [5.74, 6) is 2.05. The lowest BCUT2D eigenvalue weighted by atomic mass is 10.1. The second kappa shape index (κ2) is 13.0. The second-order valence-corrected chi connectivity index (χ2v) is 10.2. The van der Waals surface area contributed by atoms with Crippen molar-refractivity contribution >= 4 is 17.6 Å². The Morgan fingerprint density at radius 2 is 1.70 bits per heavy atom. The molecule has 0 atom stereocenters. The third-order valence-electron chi connectivity index (χ3n) is 6.93. The number of halogens is 1. The van der Waals surface area contributed by atoms with Gasteiger partial charge in [-0.3, -0.25) is 4.90 Å². The number of unbranched alkanes of at least 4 members (excludes halogenated alkanes) is 1. The van der Waals surface area contributed by atoms with Crippen LogP contribution >= 0.6 is 11.6 Å². The van der Waals surface area contributed by atoms with Gasteiger partial charge < -0.3 is 18.8 Å². The summed E-state index contributed by atoms with van der Waals surface area (Å²) in [6.07, 6.45) is 2.08. The van der Waals surface area contributed by atoms with Gasteiger partial charge in [-0.2, -0.15) is 0 Å². The molecule has 7 nitrogen and oxygen atoms in total. The van der Waals surface area contributed by atoms with E-state index in [9.17, 15) is 4.79 Å². The highest BCUT2D eigenvalue weighted by atomic mass is 35.5. The van der Waals surface area contributed by atoms with Crippen LogP contribution < -0.4 is 9.47 Å². The van der Waals surface area contributed by atoms with Crippen molar-refractivity contribution in [3.05, 3.63) is 100 Å². The van der Waals surface area contributed by atoms with E-state index in [4.69, 9.17) is 30.8 Å². The van der Waals surface area contributed by atoms with Crippen LogP contribution in [-0.2, 0) is 30.9 Å². The molecule has 208 valence electrons. The van der Waals surface area contributed by atoms with Gasteiger partial charge in [-0.1, -0.05) is 73.5 Å². The molecule has 1 aliphatic heterocycles. The predicted octanol–water partition coefficient (Wildman–Crippen LogP) is 6.76. The molecule has 4 aromatic rings. The van der Waals surface area contributed by atoms with Gasteiger partial charge in [0, 0.05) is 31.7 Å². The third-order valence-corrected chi connectivity index (χ3v) is 7.23. The van der Waals surface area contributed by atoms with Gasteiger partial charge in [0.1, 0.15) is 19.0 Å². The molecule has 40 heavy (non-hydrogen) atoms. The van der Waals surface area contributed by atoms with E-state index in [2.05, 4.69) is 34.6 Å². The molecule has 0 saturated carbocycles. The van der Waals surface area contributed by atoms with Crippen molar-refractivity contribution < 1.29 is 19.0 Å². The summed E-state index contributed by atoms with van der Waals surface area (Å²) in [7, 11) is 1.40. The lowest BCUT2D eigenvalue weighted by molar-refractivity contribution is 0.0600. The van der Waals surface area contributed by atoms with Gasteiger partial charge in [0.15, 0.2) is 16.7 Å². The number of hydrogen-bond acceptors (Lipinski definition) is 6. The molecule has 3 aromatic carbocycles. The molecule has 1 aromatic heterocycles. The summed E-state index contributed by atoms with van der Waals surface area (Å²) in [5, 5.41) is 0.505. The molecule has 0 radical (unpaired) electrons. The maximum atomic E-state index is 12.2. The van der Waals surface area contributed by atoms with Crippen molar-refractivity contribution in [2.24, 2.45) is 0 Å². The maximum Gasteiger partial charge on any atom is 0.337 e. The Morgan fingerprint density at radius 3 is 2.45 bits per heavy atom. The number of hydrogen-bond donors (Lipinski definition) is 0. The first kappa shape index (κ1) is 27.7. The third kappa shape index (κ3) is 6.49. The zero-order valence-electron chi connectivity index (χ0n) is 22.9.